The lowest BCUT2D eigenvalue weighted by molar-refractivity contribution is 0.0734. The third-order valence-corrected chi connectivity index (χ3v) is 6.91. The fraction of sp³-hybridized carbons (Fsp3) is 0.647. The Morgan fingerprint density at radius 3 is 2.35 bits per heavy atom. The lowest BCUT2D eigenvalue weighted by Gasteiger charge is -2.41. The highest BCUT2D eigenvalue weighted by atomic mass is 32.2. The van der Waals surface area contributed by atoms with Crippen LogP contribution in [0.1, 0.15) is 31.4 Å². The molecular weight excluding hydrogens is 315 g/mol. The summed E-state index contributed by atoms with van der Waals surface area (Å²) < 4.78 is 36.4. The van der Waals surface area contributed by atoms with Crippen molar-refractivity contribution < 1.29 is 12.8 Å². The van der Waals surface area contributed by atoms with Crippen molar-refractivity contribution in [2.45, 2.75) is 31.8 Å². The number of piperazine rings is 1. The van der Waals surface area contributed by atoms with Gasteiger partial charge in [0.1, 0.15) is 5.82 Å². The Bertz CT molecular complexity index is 624. The highest BCUT2D eigenvalue weighted by Gasteiger charge is 2.34. The Morgan fingerprint density at radius 1 is 1.17 bits per heavy atom. The molecule has 2 fully saturated rings. The lowest BCUT2D eigenvalue weighted by atomic mass is 10.0. The molecule has 128 valence electrons. The summed E-state index contributed by atoms with van der Waals surface area (Å²) in [4.78, 5) is 4.77. The second-order valence-corrected chi connectivity index (χ2v) is 8.83. The first-order valence-electron chi connectivity index (χ1n) is 8.42. The molecule has 23 heavy (non-hydrogen) atoms. The monoisotopic (exact) mass is 340 g/mol. The van der Waals surface area contributed by atoms with Crippen LogP contribution in [0.15, 0.2) is 24.3 Å². The molecule has 0 aliphatic carbocycles. The van der Waals surface area contributed by atoms with Gasteiger partial charge in [-0.05, 0) is 30.5 Å². The molecule has 0 aromatic heterocycles. The number of hydrogen-bond acceptors (Lipinski definition) is 4. The molecule has 0 spiro atoms. The highest BCUT2D eigenvalue weighted by Crippen LogP contribution is 2.27. The third kappa shape index (κ3) is 3.92. The highest BCUT2D eigenvalue weighted by molar-refractivity contribution is 7.91. The third-order valence-electron chi connectivity index (χ3n) is 5.16. The normalized spacial score (nSPS) is 27.1. The van der Waals surface area contributed by atoms with Gasteiger partial charge in [-0.15, -0.1) is 0 Å². The van der Waals surface area contributed by atoms with Crippen molar-refractivity contribution in [1.82, 2.24) is 9.80 Å². The molecule has 2 atom stereocenters. The van der Waals surface area contributed by atoms with Crippen LogP contribution in [0.5, 0.6) is 0 Å². The summed E-state index contributed by atoms with van der Waals surface area (Å²) in [7, 11) is -2.82. The van der Waals surface area contributed by atoms with Crippen LogP contribution < -0.4 is 0 Å². The maximum Gasteiger partial charge on any atom is 0.151 e. The van der Waals surface area contributed by atoms with Gasteiger partial charge in [-0.2, -0.15) is 0 Å². The number of benzene rings is 1. The van der Waals surface area contributed by atoms with Gasteiger partial charge >= 0.3 is 0 Å². The minimum absolute atomic E-state index is 0.198. The van der Waals surface area contributed by atoms with Gasteiger partial charge < -0.3 is 0 Å². The van der Waals surface area contributed by atoms with E-state index in [0.717, 1.165) is 44.6 Å². The van der Waals surface area contributed by atoms with Crippen LogP contribution in [0.4, 0.5) is 4.39 Å². The SMILES string of the molecule is CC[C@H](c1ccc(F)cc1)N1CCN([C@@H]2CCS(=O)(=O)C2)CC1. The van der Waals surface area contributed by atoms with Crippen molar-refractivity contribution in [3.05, 3.63) is 35.6 Å². The number of halogens is 1. The van der Waals surface area contributed by atoms with E-state index in [9.17, 15) is 12.8 Å². The van der Waals surface area contributed by atoms with Gasteiger partial charge in [0.25, 0.3) is 0 Å². The van der Waals surface area contributed by atoms with E-state index in [-0.39, 0.29) is 11.9 Å². The first-order chi connectivity index (χ1) is 11.0. The number of rotatable bonds is 4. The predicted molar refractivity (Wildman–Crippen MR) is 89.6 cm³/mol. The number of hydrogen-bond donors (Lipinski definition) is 0. The first-order valence-corrected chi connectivity index (χ1v) is 10.2. The number of sulfone groups is 1. The van der Waals surface area contributed by atoms with E-state index in [1.54, 1.807) is 0 Å². The zero-order valence-corrected chi connectivity index (χ0v) is 14.4. The van der Waals surface area contributed by atoms with Crippen molar-refractivity contribution in [3.63, 3.8) is 0 Å². The molecule has 2 aliphatic rings. The molecule has 1 aromatic carbocycles. The Labute approximate surface area is 138 Å². The van der Waals surface area contributed by atoms with E-state index in [4.69, 9.17) is 0 Å². The van der Waals surface area contributed by atoms with E-state index in [0.29, 0.717) is 17.5 Å². The van der Waals surface area contributed by atoms with E-state index in [2.05, 4.69) is 16.7 Å². The minimum atomic E-state index is -2.82. The van der Waals surface area contributed by atoms with E-state index >= 15 is 0 Å². The fourth-order valence-electron chi connectivity index (χ4n) is 3.87. The van der Waals surface area contributed by atoms with Crippen LogP contribution in [0.3, 0.4) is 0 Å². The van der Waals surface area contributed by atoms with Crippen LogP contribution in [0.25, 0.3) is 0 Å². The van der Waals surface area contributed by atoms with Crippen molar-refractivity contribution in [1.29, 1.82) is 0 Å². The topological polar surface area (TPSA) is 40.6 Å². The van der Waals surface area contributed by atoms with E-state index in [1.807, 2.05) is 12.1 Å². The van der Waals surface area contributed by atoms with Gasteiger partial charge in [0.2, 0.25) is 0 Å². The molecule has 0 N–H and O–H groups in total. The van der Waals surface area contributed by atoms with Gasteiger partial charge in [-0.3, -0.25) is 9.80 Å². The molecule has 0 amide bonds. The summed E-state index contributed by atoms with van der Waals surface area (Å²) in [5.74, 6) is 0.462. The molecule has 0 radical (unpaired) electrons. The molecule has 1 aromatic rings. The van der Waals surface area contributed by atoms with Crippen molar-refractivity contribution >= 4 is 9.84 Å². The summed E-state index contributed by atoms with van der Waals surface area (Å²) in [6.07, 6.45) is 1.76. The average molecular weight is 340 g/mol. The minimum Gasteiger partial charge on any atom is -0.297 e. The second-order valence-electron chi connectivity index (χ2n) is 6.60. The zero-order valence-electron chi connectivity index (χ0n) is 13.6. The number of nitrogens with zero attached hydrogens (tertiary/aromatic N) is 2. The molecular formula is C17H25FN2O2S. The second kappa shape index (κ2) is 6.87. The van der Waals surface area contributed by atoms with Gasteiger partial charge in [-0.1, -0.05) is 19.1 Å². The molecule has 4 nitrogen and oxygen atoms in total. The Hall–Kier alpha value is -0.980. The molecule has 2 heterocycles. The van der Waals surface area contributed by atoms with Crippen LogP contribution in [0, 0.1) is 5.82 Å². The molecule has 0 saturated carbocycles. The molecule has 6 heteroatoms. The largest absolute Gasteiger partial charge is 0.297 e. The Morgan fingerprint density at radius 2 is 1.83 bits per heavy atom. The smallest absolute Gasteiger partial charge is 0.151 e. The summed E-state index contributed by atoms with van der Waals surface area (Å²) in [5, 5.41) is 0. The van der Waals surface area contributed by atoms with Crippen LogP contribution in [0.2, 0.25) is 0 Å². The van der Waals surface area contributed by atoms with Gasteiger partial charge in [-0.25, -0.2) is 12.8 Å². The average Bonchev–Trinajstić information content (AvgIpc) is 2.91. The van der Waals surface area contributed by atoms with Crippen molar-refractivity contribution in [3.8, 4) is 0 Å². The molecule has 0 unspecified atom stereocenters. The van der Waals surface area contributed by atoms with Gasteiger partial charge in [0.15, 0.2) is 9.84 Å². The maximum absolute atomic E-state index is 13.1. The lowest BCUT2D eigenvalue weighted by Crippen LogP contribution is -2.51. The summed E-state index contributed by atoms with van der Waals surface area (Å²) >= 11 is 0. The van der Waals surface area contributed by atoms with Crippen LogP contribution in [-0.2, 0) is 9.84 Å². The van der Waals surface area contributed by atoms with Crippen molar-refractivity contribution in [2.75, 3.05) is 37.7 Å². The van der Waals surface area contributed by atoms with E-state index in [1.165, 1.54) is 12.1 Å². The summed E-state index contributed by atoms with van der Waals surface area (Å²) in [5.41, 5.74) is 1.16. The van der Waals surface area contributed by atoms with Crippen molar-refractivity contribution in [2.24, 2.45) is 0 Å². The standard InChI is InChI=1S/C17H25FN2O2S/c1-2-17(14-3-5-15(18)6-4-14)20-10-8-19(9-11-20)16-7-12-23(21,22)13-16/h3-6,16-17H,2,7-13H2,1H3/t16-,17-/m1/s1. The van der Waals surface area contributed by atoms with E-state index < -0.39 is 9.84 Å². The van der Waals surface area contributed by atoms with Gasteiger partial charge in [0, 0.05) is 38.3 Å². The Balaban J connectivity index is 1.60. The molecule has 0 bridgehead atoms. The van der Waals surface area contributed by atoms with Crippen LogP contribution in [-0.4, -0.2) is 61.9 Å². The fourth-order valence-corrected chi connectivity index (χ4v) is 5.63. The molecule has 2 saturated heterocycles. The molecule has 3 rings (SSSR count). The zero-order chi connectivity index (χ0) is 16.4. The van der Waals surface area contributed by atoms with Crippen LogP contribution >= 0.6 is 0 Å². The maximum atomic E-state index is 13.1. The first kappa shape index (κ1) is 16.9. The van der Waals surface area contributed by atoms with Gasteiger partial charge in [0.05, 0.1) is 11.5 Å². The summed E-state index contributed by atoms with van der Waals surface area (Å²) in [6, 6.07) is 7.31. The summed E-state index contributed by atoms with van der Waals surface area (Å²) in [6.45, 7) is 5.86. The quantitative estimate of drug-likeness (QED) is 0.841. The molecule has 2 aliphatic heterocycles. The Kier molecular flexibility index (Phi) is 5.04. The predicted octanol–water partition coefficient (Wildman–Crippen LogP) is 2.08.